The van der Waals surface area contributed by atoms with Crippen LogP contribution in [0.3, 0.4) is 0 Å². The Hall–Kier alpha value is -1.75. The van der Waals surface area contributed by atoms with Gasteiger partial charge in [0.1, 0.15) is 5.75 Å². The van der Waals surface area contributed by atoms with E-state index < -0.39 is 0 Å². The van der Waals surface area contributed by atoms with Crippen LogP contribution in [0.5, 0.6) is 5.75 Å². The molecule has 5 heteroatoms. The van der Waals surface area contributed by atoms with Crippen molar-refractivity contribution in [2.75, 3.05) is 25.6 Å². The molecule has 5 nitrogen and oxygen atoms in total. The van der Waals surface area contributed by atoms with Crippen LogP contribution in [0.2, 0.25) is 0 Å². The molecule has 1 aromatic rings. The van der Waals surface area contributed by atoms with E-state index in [1.165, 1.54) is 0 Å². The molecule has 16 heavy (non-hydrogen) atoms. The molecule has 0 radical (unpaired) electrons. The minimum Gasteiger partial charge on any atom is -0.506 e. The summed E-state index contributed by atoms with van der Waals surface area (Å²) < 4.78 is 4.79. The van der Waals surface area contributed by atoms with Crippen LogP contribution in [0.15, 0.2) is 18.2 Å². The number of rotatable bonds is 4. The third-order valence-corrected chi connectivity index (χ3v) is 1.99. The van der Waals surface area contributed by atoms with Crippen molar-refractivity contribution in [3.8, 4) is 5.75 Å². The minimum absolute atomic E-state index is 0.0573. The molecule has 3 N–H and O–H groups in total. The number of nitrogens with one attached hydrogen (secondary N) is 2. The van der Waals surface area contributed by atoms with Gasteiger partial charge >= 0.3 is 6.03 Å². The Bertz CT molecular complexity index is 366. The third-order valence-electron chi connectivity index (χ3n) is 1.99. The van der Waals surface area contributed by atoms with Gasteiger partial charge in [-0.2, -0.15) is 0 Å². The average molecular weight is 224 g/mol. The standard InChI is InChI=1S/C11H16N2O3/c1-8-3-4-9(10(14)7-8)13-11(15)12-5-6-16-2/h3-4,7,14H,5-6H2,1-2H3,(H2,12,13,15). The molecular weight excluding hydrogens is 208 g/mol. The molecule has 0 aliphatic heterocycles. The molecule has 1 rings (SSSR count). The van der Waals surface area contributed by atoms with Crippen LogP contribution in [0.25, 0.3) is 0 Å². The second-order valence-corrected chi connectivity index (χ2v) is 3.39. The van der Waals surface area contributed by atoms with Gasteiger partial charge < -0.3 is 20.5 Å². The van der Waals surface area contributed by atoms with Gasteiger partial charge in [0, 0.05) is 13.7 Å². The molecule has 0 atom stereocenters. The van der Waals surface area contributed by atoms with E-state index in [0.717, 1.165) is 5.56 Å². The molecule has 0 aromatic heterocycles. The van der Waals surface area contributed by atoms with Crippen LogP contribution < -0.4 is 10.6 Å². The molecule has 1 aromatic carbocycles. The normalized spacial score (nSPS) is 9.88. The lowest BCUT2D eigenvalue weighted by Gasteiger charge is -2.09. The lowest BCUT2D eigenvalue weighted by atomic mass is 10.2. The van der Waals surface area contributed by atoms with Crippen molar-refractivity contribution in [2.45, 2.75) is 6.92 Å². The molecule has 0 aliphatic rings. The van der Waals surface area contributed by atoms with Gasteiger partial charge in [-0.05, 0) is 24.6 Å². The molecule has 0 fully saturated rings. The summed E-state index contributed by atoms with van der Waals surface area (Å²) in [5.41, 5.74) is 1.32. The number of aromatic hydroxyl groups is 1. The summed E-state index contributed by atoms with van der Waals surface area (Å²) in [4.78, 5) is 11.3. The van der Waals surface area contributed by atoms with Crippen LogP contribution in [0.1, 0.15) is 5.56 Å². The first-order valence-electron chi connectivity index (χ1n) is 4.97. The Kier molecular flexibility index (Phi) is 4.60. The van der Waals surface area contributed by atoms with Crippen molar-refractivity contribution in [3.05, 3.63) is 23.8 Å². The molecule has 88 valence electrons. The molecule has 0 saturated carbocycles. The maximum absolute atomic E-state index is 11.3. The summed E-state index contributed by atoms with van der Waals surface area (Å²) >= 11 is 0. The summed E-state index contributed by atoms with van der Waals surface area (Å²) in [5, 5.41) is 14.7. The number of anilines is 1. The van der Waals surface area contributed by atoms with E-state index in [1.807, 2.05) is 13.0 Å². The van der Waals surface area contributed by atoms with Gasteiger partial charge in [0.15, 0.2) is 0 Å². The number of phenols is 1. The van der Waals surface area contributed by atoms with E-state index in [2.05, 4.69) is 10.6 Å². The van der Waals surface area contributed by atoms with E-state index in [9.17, 15) is 9.90 Å². The number of benzene rings is 1. The van der Waals surface area contributed by atoms with Crippen LogP contribution in [-0.4, -0.2) is 31.4 Å². The third kappa shape index (κ3) is 3.78. The minimum atomic E-state index is -0.365. The number of hydrogen-bond donors (Lipinski definition) is 3. The first kappa shape index (κ1) is 12.3. The molecule has 0 heterocycles. The van der Waals surface area contributed by atoms with E-state index in [4.69, 9.17) is 4.74 Å². The number of urea groups is 1. The van der Waals surface area contributed by atoms with Gasteiger partial charge in [0.05, 0.1) is 12.3 Å². The van der Waals surface area contributed by atoms with E-state index >= 15 is 0 Å². The molecule has 0 saturated heterocycles. The fourth-order valence-electron chi connectivity index (χ4n) is 1.18. The highest BCUT2D eigenvalue weighted by atomic mass is 16.5. The number of carbonyl (C=O) groups excluding carboxylic acids is 1. The topological polar surface area (TPSA) is 70.6 Å². The summed E-state index contributed by atoms with van der Waals surface area (Å²) in [6, 6.07) is 4.69. The van der Waals surface area contributed by atoms with Crippen molar-refractivity contribution < 1.29 is 14.6 Å². The largest absolute Gasteiger partial charge is 0.506 e. The zero-order valence-corrected chi connectivity index (χ0v) is 9.41. The number of hydrogen-bond acceptors (Lipinski definition) is 3. The average Bonchev–Trinajstić information content (AvgIpc) is 2.23. The maximum atomic E-state index is 11.3. The van der Waals surface area contributed by atoms with Crippen LogP contribution in [0.4, 0.5) is 10.5 Å². The predicted octanol–water partition coefficient (Wildman–Crippen LogP) is 1.47. The van der Waals surface area contributed by atoms with Gasteiger partial charge in [0.2, 0.25) is 0 Å². The Morgan fingerprint density at radius 1 is 1.50 bits per heavy atom. The SMILES string of the molecule is COCCNC(=O)Nc1ccc(C)cc1O. The molecule has 0 unspecified atom stereocenters. The van der Waals surface area contributed by atoms with Gasteiger partial charge in [-0.3, -0.25) is 0 Å². The van der Waals surface area contributed by atoms with Crippen molar-refractivity contribution in [2.24, 2.45) is 0 Å². The predicted molar refractivity (Wildman–Crippen MR) is 61.7 cm³/mol. The zero-order valence-electron chi connectivity index (χ0n) is 9.41. The Labute approximate surface area is 94.4 Å². The number of ether oxygens (including phenoxy) is 1. The highest BCUT2D eigenvalue weighted by Crippen LogP contribution is 2.23. The van der Waals surface area contributed by atoms with E-state index in [1.54, 1.807) is 19.2 Å². The Morgan fingerprint density at radius 2 is 2.25 bits per heavy atom. The quantitative estimate of drug-likeness (QED) is 0.535. The summed E-state index contributed by atoms with van der Waals surface area (Å²) in [6.45, 7) is 2.74. The monoisotopic (exact) mass is 224 g/mol. The molecule has 0 spiro atoms. The second-order valence-electron chi connectivity index (χ2n) is 3.39. The number of amides is 2. The van der Waals surface area contributed by atoms with Crippen molar-refractivity contribution in [3.63, 3.8) is 0 Å². The Balaban J connectivity index is 2.49. The van der Waals surface area contributed by atoms with Gasteiger partial charge in [-0.25, -0.2) is 4.79 Å². The van der Waals surface area contributed by atoms with E-state index in [0.29, 0.717) is 18.8 Å². The van der Waals surface area contributed by atoms with Crippen molar-refractivity contribution in [1.82, 2.24) is 5.32 Å². The first-order valence-corrected chi connectivity index (χ1v) is 4.97. The van der Waals surface area contributed by atoms with Crippen molar-refractivity contribution >= 4 is 11.7 Å². The molecule has 0 bridgehead atoms. The first-order chi connectivity index (χ1) is 7.63. The fraction of sp³-hybridized carbons (Fsp3) is 0.364. The fourth-order valence-corrected chi connectivity index (χ4v) is 1.18. The summed E-state index contributed by atoms with van der Waals surface area (Å²) in [5.74, 6) is 0.0573. The number of aryl methyl sites for hydroxylation is 1. The maximum Gasteiger partial charge on any atom is 0.319 e. The highest BCUT2D eigenvalue weighted by molar-refractivity contribution is 5.90. The molecular formula is C11H16N2O3. The zero-order chi connectivity index (χ0) is 12.0. The van der Waals surface area contributed by atoms with Crippen LogP contribution in [0, 0.1) is 6.92 Å². The summed E-state index contributed by atoms with van der Waals surface area (Å²) in [6.07, 6.45) is 0. The van der Waals surface area contributed by atoms with E-state index in [-0.39, 0.29) is 11.8 Å². The van der Waals surface area contributed by atoms with Crippen LogP contribution in [-0.2, 0) is 4.74 Å². The summed E-state index contributed by atoms with van der Waals surface area (Å²) in [7, 11) is 1.56. The Morgan fingerprint density at radius 3 is 2.88 bits per heavy atom. The van der Waals surface area contributed by atoms with Gasteiger partial charge in [-0.15, -0.1) is 0 Å². The highest BCUT2D eigenvalue weighted by Gasteiger charge is 2.05. The number of phenolic OH excluding ortho intramolecular Hbond substituents is 1. The van der Waals surface area contributed by atoms with Gasteiger partial charge in [-0.1, -0.05) is 6.07 Å². The molecule has 0 aliphatic carbocycles. The number of carbonyl (C=O) groups is 1. The molecule has 2 amide bonds. The number of methoxy groups -OCH3 is 1. The van der Waals surface area contributed by atoms with Gasteiger partial charge in [0.25, 0.3) is 0 Å². The van der Waals surface area contributed by atoms with Crippen molar-refractivity contribution in [1.29, 1.82) is 0 Å². The lowest BCUT2D eigenvalue weighted by Crippen LogP contribution is -2.31. The van der Waals surface area contributed by atoms with Crippen LogP contribution >= 0.6 is 0 Å². The second kappa shape index (κ2) is 5.97. The smallest absolute Gasteiger partial charge is 0.319 e. The lowest BCUT2D eigenvalue weighted by molar-refractivity contribution is 0.198.